The quantitative estimate of drug-likeness (QED) is 0.633. The van der Waals surface area contributed by atoms with Crippen LogP contribution in [0.4, 0.5) is 0 Å². The Morgan fingerprint density at radius 1 is 0.969 bits per heavy atom. The molecule has 170 valence electrons. The first kappa shape index (κ1) is 23.8. The van der Waals surface area contributed by atoms with Gasteiger partial charge in [-0.15, -0.1) is 0 Å². The summed E-state index contributed by atoms with van der Waals surface area (Å²) in [4.78, 5) is 40.4. The van der Waals surface area contributed by atoms with Gasteiger partial charge in [0.25, 0.3) is 5.91 Å². The van der Waals surface area contributed by atoms with Crippen molar-refractivity contribution in [3.8, 4) is 5.75 Å². The standard InChI is InChI=1S/C25H29ClN2O4/c1-16(2)22(27-24(30)19-4-8-20(26)9-5-19)25(31)28-14-12-18(13-15-28)23(29)17-6-10-21(32-3)11-7-17/h4-11,16,18,22H,12-15H2,1-3H3,(H,27,30)/t22-/m1/s1. The van der Waals surface area contributed by atoms with Crippen molar-refractivity contribution in [3.05, 3.63) is 64.7 Å². The fourth-order valence-electron chi connectivity index (χ4n) is 3.89. The third-order valence-electron chi connectivity index (χ3n) is 5.88. The number of Topliss-reactive ketones (excluding diaryl/α,β-unsaturated/α-hetero) is 1. The van der Waals surface area contributed by atoms with Gasteiger partial charge in [-0.05, 0) is 67.3 Å². The maximum atomic E-state index is 13.2. The number of halogens is 1. The van der Waals surface area contributed by atoms with Crippen LogP contribution in [0.25, 0.3) is 0 Å². The first-order valence-electron chi connectivity index (χ1n) is 10.8. The predicted molar refractivity (Wildman–Crippen MR) is 124 cm³/mol. The molecule has 1 heterocycles. The molecular weight excluding hydrogens is 428 g/mol. The Balaban J connectivity index is 1.59. The molecule has 1 aliphatic heterocycles. The maximum absolute atomic E-state index is 13.2. The third kappa shape index (κ3) is 5.68. The summed E-state index contributed by atoms with van der Waals surface area (Å²) in [5.74, 6) is 0.195. The molecule has 0 saturated carbocycles. The van der Waals surface area contributed by atoms with E-state index >= 15 is 0 Å². The van der Waals surface area contributed by atoms with Gasteiger partial charge in [0.1, 0.15) is 11.8 Å². The summed E-state index contributed by atoms with van der Waals surface area (Å²) >= 11 is 5.89. The van der Waals surface area contributed by atoms with Crippen LogP contribution in [0, 0.1) is 11.8 Å². The van der Waals surface area contributed by atoms with Crippen LogP contribution in [0.2, 0.25) is 5.02 Å². The van der Waals surface area contributed by atoms with Gasteiger partial charge in [0.05, 0.1) is 7.11 Å². The van der Waals surface area contributed by atoms with Gasteiger partial charge in [-0.25, -0.2) is 0 Å². The highest BCUT2D eigenvalue weighted by Crippen LogP contribution is 2.24. The summed E-state index contributed by atoms with van der Waals surface area (Å²) in [5, 5.41) is 3.41. The molecule has 1 N–H and O–H groups in total. The lowest BCUT2D eigenvalue weighted by atomic mass is 9.88. The summed E-state index contributed by atoms with van der Waals surface area (Å²) in [5.41, 5.74) is 1.11. The van der Waals surface area contributed by atoms with E-state index in [1.54, 1.807) is 60.5 Å². The molecule has 1 atom stereocenters. The molecule has 2 aromatic rings. The molecule has 2 amide bonds. The summed E-state index contributed by atoms with van der Waals surface area (Å²) in [6.45, 7) is 4.80. The van der Waals surface area contributed by atoms with Crippen LogP contribution in [0.3, 0.4) is 0 Å². The van der Waals surface area contributed by atoms with Crippen molar-refractivity contribution in [2.45, 2.75) is 32.7 Å². The molecule has 6 nitrogen and oxygen atoms in total. The second-order valence-electron chi connectivity index (χ2n) is 8.39. The minimum atomic E-state index is -0.632. The number of methoxy groups -OCH3 is 1. The Kier molecular flexibility index (Phi) is 7.91. The minimum absolute atomic E-state index is 0.0718. The normalized spacial score (nSPS) is 15.3. The molecule has 0 spiro atoms. The zero-order valence-electron chi connectivity index (χ0n) is 18.6. The van der Waals surface area contributed by atoms with Crippen molar-refractivity contribution in [1.29, 1.82) is 0 Å². The molecule has 7 heteroatoms. The van der Waals surface area contributed by atoms with Crippen LogP contribution in [-0.2, 0) is 4.79 Å². The van der Waals surface area contributed by atoms with E-state index in [1.165, 1.54) is 0 Å². The number of carbonyl (C=O) groups is 3. The van der Waals surface area contributed by atoms with Gasteiger partial charge < -0.3 is 15.0 Å². The van der Waals surface area contributed by atoms with Crippen molar-refractivity contribution in [2.24, 2.45) is 11.8 Å². The number of ether oxygens (including phenoxy) is 1. The van der Waals surface area contributed by atoms with E-state index in [1.807, 2.05) is 13.8 Å². The number of carbonyl (C=O) groups excluding carboxylic acids is 3. The molecular formula is C25H29ClN2O4. The average Bonchev–Trinajstić information content (AvgIpc) is 2.82. The Morgan fingerprint density at radius 2 is 1.53 bits per heavy atom. The fourth-order valence-corrected chi connectivity index (χ4v) is 4.02. The van der Waals surface area contributed by atoms with Gasteiger partial charge in [0.15, 0.2) is 5.78 Å². The molecule has 32 heavy (non-hydrogen) atoms. The van der Waals surface area contributed by atoms with E-state index < -0.39 is 6.04 Å². The Bertz CT molecular complexity index is 949. The second-order valence-corrected chi connectivity index (χ2v) is 8.83. The van der Waals surface area contributed by atoms with Crippen molar-refractivity contribution in [3.63, 3.8) is 0 Å². The second kappa shape index (κ2) is 10.6. The number of nitrogens with one attached hydrogen (secondary N) is 1. The fraction of sp³-hybridized carbons (Fsp3) is 0.400. The Morgan fingerprint density at radius 3 is 2.06 bits per heavy atom. The van der Waals surface area contributed by atoms with Crippen molar-refractivity contribution in [1.82, 2.24) is 10.2 Å². The molecule has 1 fully saturated rings. The Labute approximate surface area is 193 Å². The van der Waals surface area contributed by atoms with Gasteiger partial charge in [-0.1, -0.05) is 25.4 Å². The number of amides is 2. The van der Waals surface area contributed by atoms with Gasteiger partial charge in [-0.3, -0.25) is 14.4 Å². The first-order chi connectivity index (χ1) is 15.3. The largest absolute Gasteiger partial charge is 0.497 e. The van der Waals surface area contributed by atoms with Gasteiger partial charge in [0, 0.05) is 35.2 Å². The first-order valence-corrected chi connectivity index (χ1v) is 11.2. The molecule has 0 radical (unpaired) electrons. The van der Waals surface area contributed by atoms with Crippen molar-refractivity contribution >= 4 is 29.2 Å². The molecule has 0 unspecified atom stereocenters. The summed E-state index contributed by atoms with van der Waals surface area (Å²) in [6, 6.07) is 13.0. The molecule has 1 saturated heterocycles. The lowest BCUT2D eigenvalue weighted by Gasteiger charge is -2.35. The van der Waals surface area contributed by atoms with Gasteiger partial charge in [-0.2, -0.15) is 0 Å². The molecule has 1 aliphatic rings. The molecule has 0 bridgehead atoms. The topological polar surface area (TPSA) is 75.7 Å². The lowest BCUT2D eigenvalue weighted by Crippen LogP contribution is -2.53. The summed E-state index contributed by atoms with van der Waals surface area (Å²) < 4.78 is 5.15. The molecule has 0 aromatic heterocycles. The van der Waals surface area contributed by atoms with E-state index in [0.29, 0.717) is 47.8 Å². The van der Waals surface area contributed by atoms with Crippen molar-refractivity contribution in [2.75, 3.05) is 20.2 Å². The third-order valence-corrected chi connectivity index (χ3v) is 6.13. The van der Waals surface area contributed by atoms with Crippen LogP contribution >= 0.6 is 11.6 Å². The van der Waals surface area contributed by atoms with E-state index in [9.17, 15) is 14.4 Å². The number of benzene rings is 2. The smallest absolute Gasteiger partial charge is 0.251 e. The van der Waals surface area contributed by atoms with Crippen LogP contribution in [0.15, 0.2) is 48.5 Å². The zero-order chi connectivity index (χ0) is 23.3. The number of likely N-dealkylation sites (tertiary alicyclic amines) is 1. The van der Waals surface area contributed by atoms with Gasteiger partial charge >= 0.3 is 0 Å². The minimum Gasteiger partial charge on any atom is -0.497 e. The molecule has 0 aliphatic carbocycles. The maximum Gasteiger partial charge on any atom is 0.251 e. The van der Waals surface area contributed by atoms with Crippen LogP contribution in [0.5, 0.6) is 5.75 Å². The van der Waals surface area contributed by atoms with Crippen molar-refractivity contribution < 1.29 is 19.1 Å². The highest BCUT2D eigenvalue weighted by Gasteiger charge is 2.33. The Hall–Kier alpha value is -2.86. The number of nitrogens with zero attached hydrogens (tertiary/aromatic N) is 1. The summed E-state index contributed by atoms with van der Waals surface area (Å²) in [6.07, 6.45) is 1.21. The summed E-state index contributed by atoms with van der Waals surface area (Å²) in [7, 11) is 1.59. The van der Waals surface area contributed by atoms with E-state index in [-0.39, 0.29) is 29.4 Å². The SMILES string of the molecule is COc1ccc(C(=O)C2CCN(C(=O)[C@H](NC(=O)c3ccc(Cl)cc3)C(C)C)CC2)cc1. The number of hydrogen-bond acceptors (Lipinski definition) is 4. The van der Waals surface area contributed by atoms with E-state index in [4.69, 9.17) is 16.3 Å². The van der Waals surface area contributed by atoms with Crippen LogP contribution < -0.4 is 10.1 Å². The van der Waals surface area contributed by atoms with Crippen LogP contribution in [0.1, 0.15) is 47.4 Å². The number of ketones is 1. The highest BCUT2D eigenvalue weighted by molar-refractivity contribution is 6.30. The molecule has 3 rings (SSSR count). The van der Waals surface area contributed by atoms with Crippen LogP contribution in [-0.4, -0.2) is 48.7 Å². The van der Waals surface area contributed by atoms with E-state index in [2.05, 4.69) is 5.32 Å². The number of rotatable bonds is 7. The highest BCUT2D eigenvalue weighted by atomic mass is 35.5. The average molecular weight is 457 g/mol. The number of hydrogen-bond donors (Lipinski definition) is 1. The number of piperidine rings is 1. The lowest BCUT2D eigenvalue weighted by molar-refractivity contribution is -0.135. The monoisotopic (exact) mass is 456 g/mol. The zero-order valence-corrected chi connectivity index (χ0v) is 19.4. The van der Waals surface area contributed by atoms with Gasteiger partial charge in [0.2, 0.25) is 5.91 Å². The molecule has 2 aromatic carbocycles. The predicted octanol–water partition coefficient (Wildman–Crippen LogP) is 4.22. The van der Waals surface area contributed by atoms with E-state index in [0.717, 1.165) is 0 Å².